The third-order valence-electron chi connectivity index (χ3n) is 3.17. The number of halogens is 1. The molecule has 0 spiro atoms. The minimum absolute atomic E-state index is 0.0103. The van der Waals surface area contributed by atoms with E-state index in [1.165, 1.54) is 6.08 Å². The molecule has 2 rings (SSSR count). The predicted molar refractivity (Wildman–Crippen MR) is 96.3 cm³/mol. The second-order valence-electron chi connectivity index (χ2n) is 6.39. The Bertz CT molecular complexity index is 818. The van der Waals surface area contributed by atoms with Gasteiger partial charge in [0.15, 0.2) is 0 Å². The molecule has 0 fully saturated rings. The first-order valence-corrected chi connectivity index (χ1v) is 8.29. The lowest BCUT2D eigenvalue weighted by atomic mass is 10.2. The van der Waals surface area contributed by atoms with E-state index in [9.17, 15) is 9.59 Å². The summed E-state index contributed by atoms with van der Waals surface area (Å²) in [6.45, 7) is 7.44. The van der Waals surface area contributed by atoms with Crippen molar-refractivity contribution in [3.8, 4) is 0 Å². The largest absolute Gasteiger partial charge is 0.463 e. The molecule has 0 bridgehead atoms. The van der Waals surface area contributed by atoms with Crippen molar-refractivity contribution in [1.82, 2.24) is 9.55 Å². The fourth-order valence-electron chi connectivity index (χ4n) is 2.31. The molecule has 0 amide bonds. The van der Waals surface area contributed by atoms with E-state index in [0.717, 1.165) is 10.9 Å². The average molecular weight is 365 g/mol. The molecule has 7 heteroatoms. The van der Waals surface area contributed by atoms with Crippen LogP contribution in [0.5, 0.6) is 0 Å². The van der Waals surface area contributed by atoms with Crippen LogP contribution in [0.15, 0.2) is 24.4 Å². The Morgan fingerprint density at radius 3 is 2.68 bits per heavy atom. The highest BCUT2D eigenvalue weighted by atomic mass is 35.5. The number of aromatic nitrogens is 2. The number of ether oxygens (including phenoxy) is 2. The maximum Gasteiger partial charge on any atom is 0.330 e. The molecule has 0 atom stereocenters. The average Bonchev–Trinajstić information content (AvgIpc) is 2.81. The van der Waals surface area contributed by atoms with Gasteiger partial charge in [0.25, 0.3) is 0 Å². The maximum atomic E-state index is 12.2. The molecule has 0 aromatic carbocycles. The van der Waals surface area contributed by atoms with Gasteiger partial charge in [-0.3, -0.25) is 4.79 Å². The second-order valence-corrected chi connectivity index (χ2v) is 6.78. The number of hydrogen-bond donors (Lipinski definition) is 0. The summed E-state index contributed by atoms with van der Waals surface area (Å²) in [4.78, 5) is 27.8. The third kappa shape index (κ3) is 5.32. The minimum Gasteiger partial charge on any atom is -0.463 e. The van der Waals surface area contributed by atoms with Crippen molar-refractivity contribution in [2.45, 2.75) is 39.8 Å². The van der Waals surface area contributed by atoms with Crippen LogP contribution in [0, 0.1) is 0 Å². The van der Waals surface area contributed by atoms with Crippen molar-refractivity contribution in [3.05, 3.63) is 35.3 Å². The molecule has 0 saturated carbocycles. The molecular formula is C18H21ClN2O4. The Balaban J connectivity index is 2.39. The van der Waals surface area contributed by atoms with Crippen LogP contribution in [0.2, 0.25) is 5.15 Å². The third-order valence-corrected chi connectivity index (χ3v) is 3.38. The molecule has 2 aromatic heterocycles. The van der Waals surface area contributed by atoms with Gasteiger partial charge in [0.05, 0.1) is 12.1 Å². The molecular weight excluding hydrogens is 344 g/mol. The Labute approximate surface area is 151 Å². The van der Waals surface area contributed by atoms with E-state index in [1.54, 1.807) is 50.6 Å². The number of carbonyl (C=O) groups is 2. The molecule has 0 aliphatic rings. The molecule has 0 N–H and O–H groups in total. The van der Waals surface area contributed by atoms with Crippen LogP contribution < -0.4 is 0 Å². The number of carbonyl (C=O) groups excluding carboxylic acids is 2. The number of nitrogens with zero attached hydrogens (tertiary/aromatic N) is 2. The molecule has 0 aliphatic carbocycles. The zero-order chi connectivity index (χ0) is 18.6. The molecule has 0 saturated heterocycles. The zero-order valence-corrected chi connectivity index (χ0v) is 15.5. The van der Waals surface area contributed by atoms with Crippen molar-refractivity contribution in [1.29, 1.82) is 0 Å². The highest BCUT2D eigenvalue weighted by Gasteiger charge is 2.18. The molecule has 2 aromatic rings. The Morgan fingerprint density at radius 2 is 2.04 bits per heavy atom. The van der Waals surface area contributed by atoms with Gasteiger partial charge < -0.3 is 14.0 Å². The topological polar surface area (TPSA) is 70.4 Å². The molecule has 25 heavy (non-hydrogen) atoms. The molecule has 0 unspecified atom stereocenters. The van der Waals surface area contributed by atoms with Gasteiger partial charge in [0.1, 0.15) is 17.3 Å². The van der Waals surface area contributed by atoms with Gasteiger partial charge in [-0.05, 0) is 45.9 Å². The summed E-state index contributed by atoms with van der Waals surface area (Å²) in [5.41, 5.74) is 0.799. The van der Waals surface area contributed by atoms with Crippen molar-refractivity contribution in [2.75, 3.05) is 6.61 Å². The number of esters is 2. The fourth-order valence-corrected chi connectivity index (χ4v) is 2.47. The van der Waals surface area contributed by atoms with Crippen LogP contribution >= 0.6 is 11.6 Å². The molecule has 134 valence electrons. The molecule has 6 nitrogen and oxygen atoms in total. The van der Waals surface area contributed by atoms with Gasteiger partial charge in [-0.1, -0.05) is 11.6 Å². The smallest absolute Gasteiger partial charge is 0.330 e. The lowest BCUT2D eigenvalue weighted by molar-refractivity contribution is -0.155. The van der Waals surface area contributed by atoms with Gasteiger partial charge in [0.2, 0.25) is 0 Å². The lowest BCUT2D eigenvalue weighted by Crippen LogP contribution is -2.26. The predicted octanol–water partition coefficient (Wildman–Crippen LogP) is 3.61. The van der Waals surface area contributed by atoms with Gasteiger partial charge in [-0.2, -0.15) is 0 Å². The number of fused-ring (bicyclic) bond motifs is 1. The van der Waals surface area contributed by atoms with Gasteiger partial charge >= 0.3 is 11.9 Å². The summed E-state index contributed by atoms with van der Waals surface area (Å²) in [7, 11) is 0. The summed E-state index contributed by atoms with van der Waals surface area (Å²) in [5, 5.41) is 1.12. The first-order valence-electron chi connectivity index (χ1n) is 7.91. The molecule has 2 heterocycles. The fraction of sp³-hybridized carbons (Fsp3) is 0.389. The van der Waals surface area contributed by atoms with Gasteiger partial charge in [-0.15, -0.1) is 0 Å². The first-order chi connectivity index (χ1) is 11.7. The quantitative estimate of drug-likeness (QED) is 0.460. The van der Waals surface area contributed by atoms with Gasteiger partial charge in [-0.25, -0.2) is 9.78 Å². The van der Waals surface area contributed by atoms with E-state index in [0.29, 0.717) is 17.5 Å². The Hall–Kier alpha value is -2.34. The summed E-state index contributed by atoms with van der Waals surface area (Å²) in [6, 6.07) is 3.49. The standard InChI is InChI=1S/C18H21ClN2O4/c1-5-24-16(22)7-6-13-8-12-10-20-15(19)9-14(12)21(13)11-17(23)25-18(2,3)4/h6-10H,5,11H2,1-4H3. The monoisotopic (exact) mass is 364 g/mol. The first kappa shape index (κ1) is 19.0. The van der Waals surface area contributed by atoms with E-state index in [2.05, 4.69) is 4.98 Å². The van der Waals surface area contributed by atoms with E-state index in [4.69, 9.17) is 21.1 Å². The molecule has 0 aliphatic heterocycles. The Kier molecular flexibility index (Phi) is 5.85. The lowest BCUT2D eigenvalue weighted by Gasteiger charge is -2.20. The van der Waals surface area contributed by atoms with Crippen molar-refractivity contribution < 1.29 is 19.1 Å². The van der Waals surface area contributed by atoms with E-state index < -0.39 is 11.6 Å². The summed E-state index contributed by atoms with van der Waals surface area (Å²) < 4.78 is 12.0. The van der Waals surface area contributed by atoms with Crippen LogP contribution in [0.25, 0.3) is 17.0 Å². The van der Waals surface area contributed by atoms with E-state index in [1.807, 2.05) is 6.07 Å². The summed E-state index contributed by atoms with van der Waals surface area (Å²) in [6.07, 6.45) is 4.53. The van der Waals surface area contributed by atoms with Crippen molar-refractivity contribution in [2.24, 2.45) is 0 Å². The van der Waals surface area contributed by atoms with Crippen LogP contribution in [0.3, 0.4) is 0 Å². The number of hydrogen-bond acceptors (Lipinski definition) is 5. The zero-order valence-electron chi connectivity index (χ0n) is 14.7. The Morgan fingerprint density at radius 1 is 1.32 bits per heavy atom. The maximum absolute atomic E-state index is 12.2. The van der Waals surface area contributed by atoms with Crippen LogP contribution in [0.4, 0.5) is 0 Å². The highest BCUT2D eigenvalue weighted by Crippen LogP contribution is 2.23. The minimum atomic E-state index is -0.583. The second kappa shape index (κ2) is 7.70. The number of pyridine rings is 1. The highest BCUT2D eigenvalue weighted by molar-refractivity contribution is 6.30. The van der Waals surface area contributed by atoms with Gasteiger partial charge in [0, 0.05) is 23.4 Å². The molecule has 0 radical (unpaired) electrons. The van der Waals surface area contributed by atoms with E-state index in [-0.39, 0.29) is 12.5 Å². The van der Waals surface area contributed by atoms with Crippen LogP contribution in [-0.4, -0.2) is 33.7 Å². The summed E-state index contributed by atoms with van der Waals surface area (Å²) in [5.74, 6) is -0.837. The van der Waals surface area contributed by atoms with E-state index >= 15 is 0 Å². The normalized spacial score (nSPS) is 11.9. The van der Waals surface area contributed by atoms with Crippen LogP contribution in [0.1, 0.15) is 33.4 Å². The van der Waals surface area contributed by atoms with Crippen molar-refractivity contribution in [3.63, 3.8) is 0 Å². The summed E-state index contributed by atoms with van der Waals surface area (Å²) >= 11 is 5.98. The van der Waals surface area contributed by atoms with Crippen molar-refractivity contribution >= 4 is 40.5 Å². The van der Waals surface area contributed by atoms with Crippen LogP contribution in [-0.2, 0) is 25.6 Å². The SMILES string of the molecule is CCOC(=O)C=Cc1cc2cnc(Cl)cc2n1CC(=O)OC(C)(C)C. The number of rotatable bonds is 5.